The molecule has 2 saturated heterocycles. The van der Waals surface area contributed by atoms with E-state index in [1.165, 1.54) is 11.8 Å². The number of aromatic nitrogens is 3. The second-order valence-corrected chi connectivity index (χ2v) is 10.9. The van der Waals surface area contributed by atoms with Gasteiger partial charge >= 0.3 is 0 Å². The van der Waals surface area contributed by atoms with Gasteiger partial charge in [0.1, 0.15) is 15.9 Å². The van der Waals surface area contributed by atoms with Crippen molar-refractivity contribution in [1.82, 2.24) is 15.0 Å². The number of aryl methyl sites for hydroxylation is 1. The Balaban J connectivity index is 1.26. The number of benzene rings is 1. The molecule has 2 atom stereocenters. The van der Waals surface area contributed by atoms with Crippen LogP contribution in [0.4, 0.5) is 5.82 Å². The van der Waals surface area contributed by atoms with Crippen LogP contribution in [0.15, 0.2) is 45.9 Å². The molecular formula is C23H26ClN5OS2. The first kappa shape index (κ1) is 22.1. The lowest BCUT2D eigenvalue weighted by Crippen LogP contribution is -2.50. The Bertz CT molecular complexity index is 1100. The van der Waals surface area contributed by atoms with Crippen LogP contribution in [0, 0.1) is 12.3 Å². The Hall–Kier alpha value is -1.71. The lowest BCUT2D eigenvalue weighted by atomic mass is 9.73. The highest BCUT2D eigenvalue weighted by Crippen LogP contribution is 2.42. The maximum Gasteiger partial charge on any atom is 0.147 e. The number of piperidine rings is 1. The number of hydrogen-bond donors (Lipinski definition) is 1. The number of hydrogen-bond acceptors (Lipinski definition) is 8. The fraction of sp³-hybridized carbons (Fsp3) is 0.435. The van der Waals surface area contributed by atoms with Crippen LogP contribution in [0.1, 0.15) is 25.5 Å². The van der Waals surface area contributed by atoms with Crippen molar-refractivity contribution in [3.05, 3.63) is 46.7 Å². The van der Waals surface area contributed by atoms with Crippen LogP contribution < -0.4 is 10.6 Å². The zero-order valence-corrected chi connectivity index (χ0v) is 20.5. The van der Waals surface area contributed by atoms with E-state index >= 15 is 0 Å². The van der Waals surface area contributed by atoms with E-state index < -0.39 is 0 Å². The van der Waals surface area contributed by atoms with Crippen molar-refractivity contribution in [2.45, 2.75) is 48.8 Å². The molecule has 168 valence electrons. The summed E-state index contributed by atoms with van der Waals surface area (Å²) in [6, 6.07) is 6.13. The van der Waals surface area contributed by atoms with Gasteiger partial charge < -0.3 is 15.4 Å². The topological polar surface area (TPSA) is 77.2 Å². The van der Waals surface area contributed by atoms with Crippen molar-refractivity contribution >= 4 is 40.5 Å². The third-order valence-corrected chi connectivity index (χ3v) is 9.06. The quantitative estimate of drug-likeness (QED) is 0.552. The van der Waals surface area contributed by atoms with Gasteiger partial charge in [-0.1, -0.05) is 35.5 Å². The molecule has 0 radical (unpaired) electrons. The highest BCUT2D eigenvalue weighted by atomic mass is 35.5. The Morgan fingerprint density at radius 2 is 2.06 bits per heavy atom. The second-order valence-electron chi connectivity index (χ2n) is 8.62. The van der Waals surface area contributed by atoms with Crippen LogP contribution in [-0.2, 0) is 4.74 Å². The van der Waals surface area contributed by atoms with Gasteiger partial charge in [0.15, 0.2) is 0 Å². The van der Waals surface area contributed by atoms with Crippen LogP contribution in [0.25, 0.3) is 10.6 Å². The minimum Gasteiger partial charge on any atom is -0.376 e. The van der Waals surface area contributed by atoms with Gasteiger partial charge in [0.25, 0.3) is 0 Å². The normalized spacial score (nSPS) is 22.6. The number of rotatable bonds is 4. The highest BCUT2D eigenvalue weighted by molar-refractivity contribution is 7.99. The average molecular weight is 488 g/mol. The Morgan fingerprint density at radius 3 is 2.69 bits per heavy atom. The molecule has 4 heterocycles. The summed E-state index contributed by atoms with van der Waals surface area (Å²) in [5, 5.41) is 4.48. The van der Waals surface area contributed by atoms with Crippen LogP contribution in [0.5, 0.6) is 0 Å². The number of nitrogens with zero attached hydrogens (tertiary/aromatic N) is 4. The molecule has 2 N–H and O–H groups in total. The first-order valence-corrected chi connectivity index (χ1v) is 12.9. The van der Waals surface area contributed by atoms with Crippen molar-refractivity contribution in [3.8, 4) is 10.6 Å². The summed E-state index contributed by atoms with van der Waals surface area (Å²) in [5.41, 5.74) is 8.50. The molecule has 0 saturated carbocycles. The van der Waals surface area contributed by atoms with E-state index in [0.29, 0.717) is 5.02 Å². The molecule has 2 aliphatic rings. The third kappa shape index (κ3) is 4.15. The first-order chi connectivity index (χ1) is 15.4. The van der Waals surface area contributed by atoms with Crippen molar-refractivity contribution in [3.63, 3.8) is 0 Å². The van der Waals surface area contributed by atoms with Crippen LogP contribution in [0.3, 0.4) is 0 Å². The number of anilines is 1. The predicted molar refractivity (Wildman–Crippen MR) is 131 cm³/mol. The molecule has 1 aromatic carbocycles. The van der Waals surface area contributed by atoms with E-state index in [1.54, 1.807) is 11.3 Å². The summed E-state index contributed by atoms with van der Waals surface area (Å²) in [6.45, 7) is 6.68. The molecule has 2 aliphatic heterocycles. The minimum absolute atomic E-state index is 0.108. The Kier molecular flexibility index (Phi) is 6.15. The van der Waals surface area contributed by atoms with E-state index in [9.17, 15) is 0 Å². The van der Waals surface area contributed by atoms with Crippen molar-refractivity contribution in [2.75, 3.05) is 24.6 Å². The number of ether oxygens (including phenoxy) is 1. The smallest absolute Gasteiger partial charge is 0.147 e. The van der Waals surface area contributed by atoms with Gasteiger partial charge in [-0.2, -0.15) is 0 Å². The van der Waals surface area contributed by atoms with Gasteiger partial charge in [0.2, 0.25) is 0 Å². The Morgan fingerprint density at radius 1 is 1.25 bits per heavy atom. The van der Waals surface area contributed by atoms with E-state index in [4.69, 9.17) is 22.1 Å². The van der Waals surface area contributed by atoms with Gasteiger partial charge in [0, 0.05) is 46.1 Å². The molecule has 2 fully saturated rings. The first-order valence-electron chi connectivity index (χ1n) is 10.8. The minimum atomic E-state index is 0.108. The zero-order chi connectivity index (χ0) is 22.3. The van der Waals surface area contributed by atoms with Crippen molar-refractivity contribution < 1.29 is 4.74 Å². The molecule has 32 heavy (non-hydrogen) atoms. The van der Waals surface area contributed by atoms with Gasteiger partial charge in [-0.3, -0.25) is 0 Å². The van der Waals surface area contributed by atoms with Gasteiger partial charge in [-0.25, -0.2) is 15.0 Å². The van der Waals surface area contributed by atoms with Crippen molar-refractivity contribution in [1.29, 1.82) is 0 Å². The van der Waals surface area contributed by atoms with E-state index in [0.717, 1.165) is 64.5 Å². The van der Waals surface area contributed by atoms with Crippen LogP contribution in [-0.4, -0.2) is 46.8 Å². The molecule has 0 amide bonds. The summed E-state index contributed by atoms with van der Waals surface area (Å²) in [5.74, 6) is 0.905. The summed E-state index contributed by atoms with van der Waals surface area (Å²) in [7, 11) is 0. The number of halogens is 1. The number of thiazole rings is 1. The van der Waals surface area contributed by atoms with E-state index in [2.05, 4.69) is 26.8 Å². The van der Waals surface area contributed by atoms with Crippen molar-refractivity contribution in [2.24, 2.45) is 11.1 Å². The Labute approximate surface area is 201 Å². The molecule has 3 aromatic rings. The molecule has 0 aliphatic carbocycles. The molecule has 0 unspecified atom stereocenters. The molecule has 0 bridgehead atoms. The lowest BCUT2D eigenvalue weighted by Gasteiger charge is -2.41. The molecule has 2 aromatic heterocycles. The fourth-order valence-corrected chi connectivity index (χ4v) is 6.52. The van der Waals surface area contributed by atoms with Gasteiger partial charge in [0.05, 0.1) is 30.1 Å². The highest BCUT2D eigenvalue weighted by Gasteiger charge is 2.47. The predicted octanol–water partition coefficient (Wildman–Crippen LogP) is 5.05. The summed E-state index contributed by atoms with van der Waals surface area (Å²) in [4.78, 5) is 17.1. The largest absolute Gasteiger partial charge is 0.376 e. The standard InChI is InChI=1S/C23H26ClN5OS2/c1-14-12-31-22(28-14)16-4-3-5-17(20(16)24)32-19-11-26-18(10-27-19)29-8-6-23(7-9-29)13-30-15(2)21(23)25/h3-5,10-12,15,21H,6-9,13,25H2,1-2H3/t15-,21+/m0/s1. The zero-order valence-electron chi connectivity index (χ0n) is 18.1. The van der Waals surface area contributed by atoms with Crippen LogP contribution >= 0.6 is 34.7 Å². The van der Waals surface area contributed by atoms with Gasteiger partial charge in [-0.15, -0.1) is 11.3 Å². The maximum atomic E-state index is 6.71. The average Bonchev–Trinajstić information content (AvgIpc) is 3.35. The summed E-state index contributed by atoms with van der Waals surface area (Å²) in [6.07, 6.45) is 5.87. The SMILES string of the molecule is Cc1csc(-c2cccc(Sc3cnc(N4CCC5(CC4)CO[C@@H](C)[C@H]5N)cn3)c2Cl)n1. The second kappa shape index (κ2) is 8.91. The molecule has 1 spiro atoms. The molecular weight excluding hydrogens is 462 g/mol. The number of nitrogens with two attached hydrogens (primary N) is 1. The molecule has 9 heteroatoms. The van der Waals surface area contributed by atoms with E-state index in [-0.39, 0.29) is 17.6 Å². The third-order valence-electron chi connectivity index (χ3n) is 6.57. The summed E-state index contributed by atoms with van der Waals surface area (Å²) >= 11 is 9.83. The molecule has 5 rings (SSSR count). The summed E-state index contributed by atoms with van der Waals surface area (Å²) < 4.78 is 5.83. The van der Waals surface area contributed by atoms with Crippen LogP contribution in [0.2, 0.25) is 5.02 Å². The fourth-order valence-electron chi connectivity index (χ4n) is 4.52. The van der Waals surface area contributed by atoms with E-state index in [1.807, 2.05) is 42.9 Å². The van der Waals surface area contributed by atoms with Gasteiger partial charge in [-0.05, 0) is 32.8 Å². The lowest BCUT2D eigenvalue weighted by molar-refractivity contribution is 0.0974. The maximum absolute atomic E-state index is 6.71. The molecule has 6 nitrogen and oxygen atoms in total. The monoisotopic (exact) mass is 487 g/mol.